The van der Waals surface area contributed by atoms with Crippen molar-refractivity contribution in [2.45, 2.75) is 44.9 Å². The van der Waals surface area contributed by atoms with Crippen LogP contribution in [-0.4, -0.2) is 21.3 Å². The lowest BCUT2D eigenvalue weighted by molar-refractivity contribution is -0.0221. The fraction of sp³-hybridized carbons (Fsp3) is 0.636. The van der Waals surface area contributed by atoms with Gasteiger partial charge in [0.15, 0.2) is 0 Å². The van der Waals surface area contributed by atoms with Crippen molar-refractivity contribution >= 4 is 11.6 Å². The molecule has 88 valence electrons. The van der Waals surface area contributed by atoms with E-state index in [0.717, 1.165) is 12.8 Å². The summed E-state index contributed by atoms with van der Waals surface area (Å²) in [6, 6.07) is 1.32. The fourth-order valence-corrected chi connectivity index (χ4v) is 2.10. The van der Waals surface area contributed by atoms with Crippen molar-refractivity contribution < 1.29 is 4.74 Å². The van der Waals surface area contributed by atoms with E-state index in [1.807, 2.05) is 0 Å². The Morgan fingerprint density at radius 2 is 2.44 bits per heavy atom. The van der Waals surface area contributed by atoms with E-state index in [1.54, 1.807) is 0 Å². The summed E-state index contributed by atoms with van der Waals surface area (Å²) < 4.78 is 7.36. The average molecular weight is 243 g/mol. The van der Waals surface area contributed by atoms with Crippen molar-refractivity contribution in [3.63, 3.8) is 0 Å². The number of rotatable bonds is 2. The Morgan fingerprint density at radius 1 is 1.69 bits per heavy atom. The third-order valence-electron chi connectivity index (χ3n) is 2.80. The van der Waals surface area contributed by atoms with Crippen molar-refractivity contribution in [1.82, 2.24) is 9.55 Å². The van der Waals surface area contributed by atoms with Crippen molar-refractivity contribution in [2.24, 2.45) is 0 Å². The van der Waals surface area contributed by atoms with E-state index in [-0.39, 0.29) is 22.4 Å². The van der Waals surface area contributed by atoms with Crippen LogP contribution in [0.4, 0.5) is 0 Å². The van der Waals surface area contributed by atoms with Gasteiger partial charge in [0, 0.05) is 6.07 Å². The molecule has 0 aliphatic carbocycles. The molecule has 4 nitrogen and oxygen atoms in total. The fourth-order valence-electron chi connectivity index (χ4n) is 1.97. The van der Waals surface area contributed by atoms with Crippen LogP contribution in [-0.2, 0) is 11.3 Å². The minimum atomic E-state index is -0.131. The Bertz CT molecular complexity index is 442. The summed E-state index contributed by atoms with van der Waals surface area (Å²) in [6.45, 7) is 4.68. The molecule has 0 N–H and O–H groups in total. The zero-order valence-corrected chi connectivity index (χ0v) is 10.2. The minimum absolute atomic E-state index is 0.0753. The molecule has 16 heavy (non-hydrogen) atoms. The van der Waals surface area contributed by atoms with Crippen LogP contribution in [0.5, 0.6) is 0 Å². The van der Waals surface area contributed by atoms with Gasteiger partial charge in [-0.2, -0.15) is 0 Å². The number of ether oxygens (including phenoxy) is 1. The predicted molar refractivity (Wildman–Crippen MR) is 61.7 cm³/mol. The molecule has 0 radical (unpaired) electrons. The summed E-state index contributed by atoms with van der Waals surface area (Å²) in [5.41, 5.74) is -0.206. The first-order valence-electron chi connectivity index (χ1n) is 5.36. The molecule has 1 aromatic heterocycles. The van der Waals surface area contributed by atoms with Gasteiger partial charge in [0.05, 0.1) is 24.6 Å². The molecule has 1 aliphatic heterocycles. The van der Waals surface area contributed by atoms with Gasteiger partial charge in [-0.15, -0.1) is 0 Å². The smallest absolute Gasteiger partial charge is 0.254 e. The summed E-state index contributed by atoms with van der Waals surface area (Å²) in [7, 11) is 0. The molecule has 0 saturated carbocycles. The van der Waals surface area contributed by atoms with Crippen LogP contribution < -0.4 is 5.56 Å². The maximum absolute atomic E-state index is 11.6. The predicted octanol–water partition coefficient (Wildman–Crippen LogP) is 1.85. The molecule has 1 unspecified atom stereocenters. The first-order valence-corrected chi connectivity index (χ1v) is 5.74. The monoisotopic (exact) mass is 242 g/mol. The Kier molecular flexibility index (Phi) is 3.04. The number of nitrogens with zero attached hydrogens (tertiary/aromatic N) is 2. The first-order chi connectivity index (χ1) is 7.46. The minimum Gasteiger partial charge on any atom is -0.370 e. The molecule has 5 heteroatoms. The maximum atomic E-state index is 11.6. The summed E-state index contributed by atoms with van der Waals surface area (Å²) in [6.07, 6.45) is 3.56. The van der Waals surface area contributed by atoms with Crippen LogP contribution in [0.3, 0.4) is 0 Å². The average Bonchev–Trinajstić information content (AvgIpc) is 2.51. The van der Waals surface area contributed by atoms with Crippen molar-refractivity contribution in [1.29, 1.82) is 0 Å². The van der Waals surface area contributed by atoms with Crippen LogP contribution in [0, 0.1) is 0 Å². The Hall–Kier alpha value is -0.870. The standard InChI is InChI=1S/C11H15ClN2O2/c1-11(2)4-3-8(16-11)6-14-7-13-9(12)5-10(14)15/h5,7-8H,3-4,6H2,1-2H3. The molecule has 1 aromatic rings. The Morgan fingerprint density at radius 3 is 3.00 bits per heavy atom. The lowest BCUT2D eigenvalue weighted by Gasteiger charge is -2.19. The second-order valence-corrected chi connectivity index (χ2v) is 5.13. The highest BCUT2D eigenvalue weighted by Gasteiger charge is 2.31. The van der Waals surface area contributed by atoms with E-state index in [9.17, 15) is 4.79 Å². The highest BCUT2D eigenvalue weighted by molar-refractivity contribution is 6.29. The maximum Gasteiger partial charge on any atom is 0.254 e. The van der Waals surface area contributed by atoms with E-state index in [2.05, 4.69) is 18.8 Å². The second kappa shape index (κ2) is 4.18. The van der Waals surface area contributed by atoms with Gasteiger partial charge in [-0.25, -0.2) is 4.98 Å². The SMILES string of the molecule is CC1(C)CCC(Cn2cnc(Cl)cc2=O)O1. The van der Waals surface area contributed by atoms with Gasteiger partial charge in [0.1, 0.15) is 5.15 Å². The highest BCUT2D eigenvalue weighted by Crippen LogP contribution is 2.29. The van der Waals surface area contributed by atoms with E-state index < -0.39 is 0 Å². The van der Waals surface area contributed by atoms with Crippen molar-refractivity contribution in [3.05, 3.63) is 27.9 Å². The topological polar surface area (TPSA) is 44.1 Å². The van der Waals surface area contributed by atoms with Crippen LogP contribution in [0.2, 0.25) is 5.15 Å². The first kappa shape index (κ1) is 11.6. The summed E-state index contributed by atoms with van der Waals surface area (Å²) in [5, 5.41) is 0.230. The molecule has 1 aliphatic rings. The molecule has 2 heterocycles. The molecule has 0 aromatic carbocycles. The van der Waals surface area contributed by atoms with Gasteiger partial charge in [-0.1, -0.05) is 11.6 Å². The molecule has 1 atom stereocenters. The summed E-state index contributed by atoms with van der Waals surface area (Å²) in [4.78, 5) is 15.5. The van der Waals surface area contributed by atoms with Crippen LogP contribution >= 0.6 is 11.6 Å². The van der Waals surface area contributed by atoms with Gasteiger partial charge in [0.2, 0.25) is 0 Å². The highest BCUT2D eigenvalue weighted by atomic mass is 35.5. The molecule has 0 amide bonds. The Balaban J connectivity index is 2.08. The number of hydrogen-bond donors (Lipinski definition) is 0. The van der Waals surface area contributed by atoms with E-state index in [0.29, 0.717) is 6.54 Å². The zero-order valence-electron chi connectivity index (χ0n) is 9.44. The molecule has 1 fully saturated rings. The quantitative estimate of drug-likeness (QED) is 0.744. The normalized spacial score (nSPS) is 23.6. The third-order valence-corrected chi connectivity index (χ3v) is 3.01. The molecule has 2 rings (SSSR count). The lowest BCUT2D eigenvalue weighted by Crippen LogP contribution is -2.28. The van der Waals surface area contributed by atoms with Crippen molar-refractivity contribution in [2.75, 3.05) is 0 Å². The van der Waals surface area contributed by atoms with Gasteiger partial charge >= 0.3 is 0 Å². The van der Waals surface area contributed by atoms with E-state index >= 15 is 0 Å². The van der Waals surface area contributed by atoms with E-state index in [4.69, 9.17) is 16.3 Å². The van der Waals surface area contributed by atoms with Crippen LogP contribution in [0.15, 0.2) is 17.2 Å². The molecule has 1 saturated heterocycles. The van der Waals surface area contributed by atoms with E-state index in [1.165, 1.54) is 17.0 Å². The van der Waals surface area contributed by atoms with Gasteiger partial charge in [0.25, 0.3) is 5.56 Å². The largest absolute Gasteiger partial charge is 0.370 e. The van der Waals surface area contributed by atoms with Crippen molar-refractivity contribution in [3.8, 4) is 0 Å². The molecule has 0 bridgehead atoms. The number of hydrogen-bond acceptors (Lipinski definition) is 3. The summed E-state index contributed by atoms with van der Waals surface area (Å²) >= 11 is 5.62. The lowest BCUT2D eigenvalue weighted by atomic mass is 10.1. The Labute approximate surface area is 99.2 Å². The van der Waals surface area contributed by atoms with Crippen LogP contribution in [0.1, 0.15) is 26.7 Å². The number of aromatic nitrogens is 2. The number of halogens is 1. The second-order valence-electron chi connectivity index (χ2n) is 4.74. The van der Waals surface area contributed by atoms with Gasteiger partial charge in [-0.3, -0.25) is 9.36 Å². The van der Waals surface area contributed by atoms with Crippen LogP contribution in [0.25, 0.3) is 0 Å². The molecule has 0 spiro atoms. The molecular weight excluding hydrogens is 228 g/mol. The third kappa shape index (κ3) is 2.62. The van der Waals surface area contributed by atoms with Gasteiger partial charge in [-0.05, 0) is 26.7 Å². The zero-order chi connectivity index (χ0) is 11.8. The summed E-state index contributed by atoms with van der Waals surface area (Å²) in [5.74, 6) is 0. The molecular formula is C11H15ClN2O2. The van der Waals surface area contributed by atoms with Gasteiger partial charge < -0.3 is 4.74 Å².